The van der Waals surface area contributed by atoms with Gasteiger partial charge in [-0.3, -0.25) is 4.79 Å². The second kappa shape index (κ2) is 6.65. The van der Waals surface area contributed by atoms with Gasteiger partial charge in [-0.2, -0.15) is 0 Å². The Morgan fingerprint density at radius 3 is 2.53 bits per heavy atom. The number of amides is 1. The van der Waals surface area contributed by atoms with E-state index in [0.29, 0.717) is 19.8 Å². The number of hydrogen-bond donors (Lipinski definition) is 0. The van der Waals surface area contributed by atoms with Crippen molar-refractivity contribution >= 4 is 5.91 Å². The van der Waals surface area contributed by atoms with Crippen LogP contribution in [0.5, 0.6) is 0 Å². The minimum Gasteiger partial charge on any atom is -1.00 e. The first-order chi connectivity index (χ1) is 6.49. The molecule has 0 aliphatic carbocycles. The van der Waals surface area contributed by atoms with Gasteiger partial charge in [-0.05, 0) is 6.42 Å². The largest absolute Gasteiger partial charge is 1.00 e. The van der Waals surface area contributed by atoms with Crippen molar-refractivity contribution in [2.45, 2.75) is 12.8 Å². The van der Waals surface area contributed by atoms with Crippen LogP contribution < -0.4 is 24.0 Å². The molecule has 5 heteroatoms. The third kappa shape index (κ3) is 6.32. The summed E-state index contributed by atoms with van der Waals surface area (Å²) in [5, 5.41) is 0. The molecule has 1 rings (SSSR count). The normalized spacial score (nSPS) is 16.7. The number of rotatable bonds is 5. The lowest BCUT2D eigenvalue weighted by molar-refractivity contribution is -0.870. The number of carbonyl (C=O) groups excluding carboxylic acids is 1. The van der Waals surface area contributed by atoms with E-state index in [1.165, 1.54) is 0 Å². The molecule has 0 spiro atoms. The van der Waals surface area contributed by atoms with Crippen molar-refractivity contribution in [3.05, 3.63) is 0 Å². The Morgan fingerprint density at radius 1 is 1.40 bits per heavy atom. The van der Waals surface area contributed by atoms with E-state index in [1.54, 1.807) is 4.90 Å². The molecule has 4 nitrogen and oxygen atoms in total. The highest BCUT2D eigenvalue weighted by molar-refractivity contribution is 5.77. The third-order valence-corrected chi connectivity index (χ3v) is 2.32. The summed E-state index contributed by atoms with van der Waals surface area (Å²) in [5.41, 5.74) is 0. The Labute approximate surface area is 109 Å². The van der Waals surface area contributed by atoms with Crippen LogP contribution >= 0.6 is 0 Å². The second-order valence-corrected chi connectivity index (χ2v) is 4.81. The molecule has 0 bridgehead atoms. The van der Waals surface area contributed by atoms with Gasteiger partial charge in [0.15, 0.2) is 0 Å². The highest BCUT2D eigenvalue weighted by Crippen LogP contribution is 2.08. The van der Waals surface area contributed by atoms with Crippen molar-refractivity contribution in [2.75, 3.05) is 47.6 Å². The molecule has 0 saturated carbocycles. The maximum Gasteiger partial charge on any atom is 0.224 e. The van der Waals surface area contributed by atoms with Crippen LogP contribution in [0.1, 0.15) is 12.8 Å². The van der Waals surface area contributed by atoms with Crippen molar-refractivity contribution in [3.63, 3.8) is 0 Å². The molecule has 1 aliphatic rings. The molecule has 0 aromatic rings. The van der Waals surface area contributed by atoms with Crippen LogP contribution in [0.2, 0.25) is 0 Å². The van der Waals surface area contributed by atoms with Crippen LogP contribution in [-0.4, -0.2) is 62.9 Å². The van der Waals surface area contributed by atoms with Gasteiger partial charge < -0.3 is 38.1 Å². The topological polar surface area (TPSA) is 29.5 Å². The molecule has 0 atom stereocenters. The van der Waals surface area contributed by atoms with E-state index in [4.69, 9.17) is 4.74 Å². The molecule has 0 unspecified atom stereocenters. The van der Waals surface area contributed by atoms with Gasteiger partial charge >= 0.3 is 0 Å². The predicted molar refractivity (Wildman–Crippen MR) is 54.7 cm³/mol. The minimum absolute atomic E-state index is 0. The molecule has 0 aromatic heterocycles. The Balaban J connectivity index is 0.00000196. The summed E-state index contributed by atoms with van der Waals surface area (Å²) in [4.78, 5) is 13.0. The van der Waals surface area contributed by atoms with Crippen molar-refractivity contribution in [1.82, 2.24) is 4.90 Å². The van der Waals surface area contributed by atoms with Crippen LogP contribution in [-0.2, 0) is 9.53 Å². The highest BCUT2D eigenvalue weighted by atomic mass is 127. The van der Waals surface area contributed by atoms with Crippen molar-refractivity contribution in [2.24, 2.45) is 0 Å². The number of hydrogen-bond acceptors (Lipinski definition) is 2. The predicted octanol–water partition coefficient (Wildman–Crippen LogP) is -2.71. The molecule has 1 fully saturated rings. The summed E-state index contributed by atoms with van der Waals surface area (Å²) in [5.74, 6) is 0.232. The van der Waals surface area contributed by atoms with Gasteiger partial charge in [-0.15, -0.1) is 0 Å². The van der Waals surface area contributed by atoms with E-state index < -0.39 is 0 Å². The van der Waals surface area contributed by atoms with Gasteiger partial charge in [-0.1, -0.05) is 0 Å². The summed E-state index contributed by atoms with van der Waals surface area (Å²) in [6.45, 7) is 3.03. The van der Waals surface area contributed by atoms with Crippen molar-refractivity contribution in [1.29, 1.82) is 0 Å². The Morgan fingerprint density at radius 2 is 2.07 bits per heavy atom. The number of nitrogens with zero attached hydrogens (tertiary/aromatic N) is 2. The van der Waals surface area contributed by atoms with E-state index in [9.17, 15) is 4.79 Å². The fraction of sp³-hybridized carbons (Fsp3) is 0.900. The van der Waals surface area contributed by atoms with Gasteiger partial charge in [0.2, 0.25) is 5.91 Å². The molecule has 1 heterocycles. The molecule has 0 radical (unpaired) electrons. The number of likely N-dealkylation sites (N-methyl/N-ethyl adjacent to an activating group) is 1. The molecule has 15 heavy (non-hydrogen) atoms. The quantitative estimate of drug-likeness (QED) is 0.312. The number of quaternary nitrogens is 1. The summed E-state index contributed by atoms with van der Waals surface area (Å²) in [6, 6.07) is 0. The van der Waals surface area contributed by atoms with Crippen LogP contribution in [0.15, 0.2) is 0 Å². The smallest absolute Gasteiger partial charge is 0.224 e. The van der Waals surface area contributed by atoms with E-state index in [-0.39, 0.29) is 29.9 Å². The summed E-state index contributed by atoms with van der Waals surface area (Å²) in [6.07, 6.45) is 1.68. The van der Waals surface area contributed by atoms with Gasteiger partial charge in [-0.25, -0.2) is 0 Å². The van der Waals surface area contributed by atoms with Crippen LogP contribution in [0, 0.1) is 0 Å². The number of likely N-dealkylation sites (tertiary alicyclic amines) is 1. The zero-order chi connectivity index (χ0) is 10.6. The van der Waals surface area contributed by atoms with E-state index >= 15 is 0 Å². The first-order valence-electron chi connectivity index (χ1n) is 5.15. The van der Waals surface area contributed by atoms with Crippen LogP contribution in [0.25, 0.3) is 0 Å². The zero-order valence-electron chi connectivity index (χ0n) is 9.83. The van der Waals surface area contributed by atoms with Gasteiger partial charge in [0, 0.05) is 13.0 Å². The molecular formula is C10H21IN2O2. The van der Waals surface area contributed by atoms with E-state index in [0.717, 1.165) is 24.0 Å². The van der Waals surface area contributed by atoms with Crippen LogP contribution in [0.4, 0.5) is 0 Å². The summed E-state index contributed by atoms with van der Waals surface area (Å²) < 4.78 is 6.35. The first kappa shape index (κ1) is 15.1. The average molecular weight is 328 g/mol. The molecule has 1 aliphatic heterocycles. The molecule has 1 saturated heterocycles. The summed E-state index contributed by atoms with van der Waals surface area (Å²) >= 11 is 0. The lowest BCUT2D eigenvalue weighted by Gasteiger charge is -2.24. The van der Waals surface area contributed by atoms with Crippen molar-refractivity contribution in [3.8, 4) is 0 Å². The van der Waals surface area contributed by atoms with Gasteiger partial charge in [0.25, 0.3) is 0 Å². The number of halogens is 1. The molecular weight excluding hydrogens is 307 g/mol. The molecule has 1 amide bonds. The van der Waals surface area contributed by atoms with Crippen LogP contribution in [0.3, 0.4) is 0 Å². The Kier molecular flexibility index (Phi) is 6.70. The Bertz CT molecular complexity index is 204. The molecule has 90 valence electrons. The van der Waals surface area contributed by atoms with E-state index in [1.807, 2.05) is 0 Å². The van der Waals surface area contributed by atoms with Gasteiger partial charge in [0.05, 0.1) is 27.7 Å². The summed E-state index contributed by atoms with van der Waals surface area (Å²) in [7, 11) is 6.39. The van der Waals surface area contributed by atoms with Gasteiger partial charge in [0.1, 0.15) is 13.3 Å². The fourth-order valence-corrected chi connectivity index (χ4v) is 1.35. The number of ether oxygens (including phenoxy) is 1. The number of carbonyl (C=O) groups is 1. The maximum absolute atomic E-state index is 11.2. The SMILES string of the molecule is C[N+](C)(C)CCOCN1CCCC1=O.[I-]. The lowest BCUT2D eigenvalue weighted by Crippen LogP contribution is -3.00. The standard InChI is InChI=1S/C10H21N2O2.HI/c1-12(2,3)7-8-14-9-11-6-4-5-10(11)13;/h4-9H2,1-3H3;1H/q+1;/p-1. The Hall–Kier alpha value is 0.120. The highest BCUT2D eigenvalue weighted by Gasteiger charge is 2.19. The monoisotopic (exact) mass is 328 g/mol. The fourth-order valence-electron chi connectivity index (χ4n) is 1.35. The first-order valence-corrected chi connectivity index (χ1v) is 5.15. The third-order valence-electron chi connectivity index (χ3n) is 2.32. The van der Waals surface area contributed by atoms with E-state index in [2.05, 4.69) is 21.1 Å². The van der Waals surface area contributed by atoms with Crippen molar-refractivity contribution < 1.29 is 38.0 Å². The average Bonchev–Trinajstić information content (AvgIpc) is 2.44. The lowest BCUT2D eigenvalue weighted by atomic mass is 10.4. The minimum atomic E-state index is 0. The second-order valence-electron chi connectivity index (χ2n) is 4.81. The maximum atomic E-state index is 11.2. The molecule has 0 aromatic carbocycles. The molecule has 0 N–H and O–H groups in total. The zero-order valence-corrected chi connectivity index (χ0v) is 12.0.